The van der Waals surface area contributed by atoms with Crippen LogP contribution in [0.4, 0.5) is 0 Å². The van der Waals surface area contributed by atoms with Crippen LogP contribution in [-0.4, -0.2) is 26.6 Å². The van der Waals surface area contributed by atoms with Crippen molar-refractivity contribution in [1.29, 1.82) is 0 Å². The summed E-state index contributed by atoms with van der Waals surface area (Å²) < 4.78 is 6.42. The van der Waals surface area contributed by atoms with Crippen molar-refractivity contribution >= 4 is 24.3 Å². The third-order valence-corrected chi connectivity index (χ3v) is 3.24. The van der Waals surface area contributed by atoms with Crippen LogP contribution in [0.15, 0.2) is 23.3 Å². The van der Waals surface area contributed by atoms with Gasteiger partial charge in [0.15, 0.2) is 0 Å². The summed E-state index contributed by atoms with van der Waals surface area (Å²) in [6.45, 7) is 0. The molecule has 0 radical (unpaired) electrons. The molecule has 2 rings (SSSR count). The third-order valence-electron chi connectivity index (χ3n) is 1.54. The van der Waals surface area contributed by atoms with E-state index in [0.717, 1.165) is 11.3 Å². The van der Waals surface area contributed by atoms with Gasteiger partial charge in [0.25, 0.3) is 0 Å². The Morgan fingerprint density at radius 3 is 3.18 bits per heavy atom. The number of ether oxygens (including phenoxy) is 1. The number of rotatable bonds is 1. The fourth-order valence-electron chi connectivity index (χ4n) is 0.965. The molecule has 1 heterocycles. The molecule has 0 atom stereocenters. The van der Waals surface area contributed by atoms with E-state index >= 15 is 0 Å². The quantitative estimate of drug-likeness (QED) is 0.664. The first kappa shape index (κ1) is 6.89. The van der Waals surface area contributed by atoms with Gasteiger partial charge in [0.1, 0.15) is 0 Å². The summed E-state index contributed by atoms with van der Waals surface area (Å²) in [5, 5.41) is 1.98. The molecule has 0 saturated carbocycles. The van der Waals surface area contributed by atoms with Crippen molar-refractivity contribution in [3.05, 3.63) is 23.3 Å². The first-order valence-corrected chi connectivity index (χ1v) is 5.12. The number of aromatic nitrogens is 1. The Bertz CT molecular complexity index is 369. The summed E-state index contributed by atoms with van der Waals surface area (Å²) in [4.78, 5) is 4.23. The molecule has 0 unspecified atom stereocenters. The zero-order valence-electron chi connectivity index (χ0n) is 6.07. The molecule has 0 bridgehead atoms. The molecule has 11 heavy (non-hydrogen) atoms. The van der Waals surface area contributed by atoms with Crippen LogP contribution in [0.2, 0.25) is 0 Å². The van der Waals surface area contributed by atoms with E-state index in [-0.39, 0.29) is 0 Å². The van der Waals surface area contributed by atoms with Gasteiger partial charge in [-0.1, -0.05) is 0 Å². The molecule has 0 fully saturated rings. The van der Waals surface area contributed by atoms with E-state index in [2.05, 4.69) is 11.1 Å². The number of hydrogen-bond acceptors (Lipinski definition) is 2. The molecule has 3 heteroatoms. The molecule has 0 spiro atoms. The van der Waals surface area contributed by atoms with Gasteiger partial charge in [-0.15, -0.1) is 0 Å². The van der Waals surface area contributed by atoms with Gasteiger partial charge in [-0.05, 0) is 0 Å². The van der Waals surface area contributed by atoms with Crippen molar-refractivity contribution in [3.63, 3.8) is 0 Å². The zero-order valence-corrected chi connectivity index (χ0v) is 7.79. The van der Waals surface area contributed by atoms with E-state index in [1.807, 2.05) is 17.2 Å². The first-order chi connectivity index (χ1) is 5.40. The van der Waals surface area contributed by atoms with Gasteiger partial charge in [0, 0.05) is 0 Å². The van der Waals surface area contributed by atoms with Crippen molar-refractivity contribution in [2.24, 2.45) is 0 Å². The second kappa shape index (κ2) is 2.68. The van der Waals surface area contributed by atoms with Gasteiger partial charge in [0.2, 0.25) is 0 Å². The molecule has 2 nitrogen and oxygen atoms in total. The Morgan fingerprint density at radius 2 is 2.36 bits per heavy atom. The number of hydrogen-bond donors (Lipinski definition) is 0. The maximum atomic E-state index is 5.07. The topological polar surface area (TPSA) is 22.1 Å². The Labute approximate surface area is 70.6 Å². The molecule has 0 N–H and O–H groups in total. The van der Waals surface area contributed by atoms with E-state index in [4.69, 9.17) is 4.74 Å². The molecule has 0 amide bonds. The Balaban J connectivity index is 2.67. The van der Waals surface area contributed by atoms with Crippen LogP contribution in [0.25, 0.3) is 9.78 Å². The predicted octanol–water partition coefficient (Wildman–Crippen LogP) is 1.30. The van der Waals surface area contributed by atoms with Gasteiger partial charge < -0.3 is 0 Å². The minimum absolute atomic E-state index is 0.446. The predicted molar refractivity (Wildman–Crippen MR) is 45.2 cm³/mol. The summed E-state index contributed by atoms with van der Waals surface area (Å²) >= 11 is 0.446. The molecule has 2 aromatic rings. The summed E-state index contributed by atoms with van der Waals surface area (Å²) in [6.07, 6.45) is 0. The monoisotopic (exact) mass is 213 g/mol. The van der Waals surface area contributed by atoms with E-state index < -0.39 is 0 Å². The number of fused-ring (bicyclic) bond motifs is 1. The van der Waals surface area contributed by atoms with Crippen molar-refractivity contribution in [2.45, 2.75) is 0 Å². The van der Waals surface area contributed by atoms with Crippen LogP contribution in [-0.2, 0) is 0 Å². The van der Waals surface area contributed by atoms with Crippen LogP contribution in [0.1, 0.15) is 0 Å². The zero-order chi connectivity index (χ0) is 7.68. The van der Waals surface area contributed by atoms with Crippen LogP contribution < -0.4 is 4.74 Å². The molecule has 0 aliphatic carbocycles. The summed E-state index contributed by atoms with van der Waals surface area (Å²) in [6, 6.07) is 6.04. The minimum atomic E-state index is 0.446. The molecule has 0 aliphatic rings. The van der Waals surface area contributed by atoms with E-state index in [1.54, 1.807) is 7.11 Å². The summed E-state index contributed by atoms with van der Waals surface area (Å²) in [5.41, 5.74) is 1.07. The summed E-state index contributed by atoms with van der Waals surface area (Å²) in [5.74, 6) is 0.888. The van der Waals surface area contributed by atoms with Crippen molar-refractivity contribution in [1.82, 2.24) is 4.98 Å². The average molecular weight is 212 g/mol. The molecule has 0 saturated heterocycles. The van der Waals surface area contributed by atoms with Gasteiger partial charge in [-0.2, -0.15) is 0 Å². The number of benzene rings is 1. The second-order valence-corrected chi connectivity index (χ2v) is 4.05. The maximum absolute atomic E-state index is 5.07. The molecule has 0 aliphatic heterocycles. The molecular weight excluding hydrogens is 205 g/mol. The Morgan fingerprint density at radius 1 is 1.45 bits per heavy atom. The van der Waals surface area contributed by atoms with Crippen LogP contribution in [0.3, 0.4) is 0 Å². The van der Waals surface area contributed by atoms with Gasteiger partial charge in [-0.25, -0.2) is 0 Å². The normalized spacial score (nSPS) is 10.3. The van der Waals surface area contributed by atoms with Crippen LogP contribution >= 0.6 is 0 Å². The van der Waals surface area contributed by atoms with Gasteiger partial charge in [0.05, 0.1) is 0 Å². The second-order valence-electron chi connectivity index (χ2n) is 2.19. The fraction of sp³-hybridized carbons (Fsp3) is 0.125. The molecule has 56 valence electrons. The first-order valence-electron chi connectivity index (χ1n) is 3.27. The Kier molecular flexibility index (Phi) is 1.68. The van der Waals surface area contributed by atoms with E-state index in [1.165, 1.54) is 4.26 Å². The number of methoxy groups -OCH3 is 1. The van der Waals surface area contributed by atoms with Crippen LogP contribution in [0.5, 0.6) is 5.75 Å². The van der Waals surface area contributed by atoms with E-state index in [9.17, 15) is 0 Å². The molecule has 1 aromatic heterocycles. The standard InChI is InChI=1S/C8H7NOSe/c1-10-6-2-3-8-7(4-6)9-5-11-8/h2-5H,1H3. The van der Waals surface area contributed by atoms with E-state index in [0.29, 0.717) is 14.5 Å². The van der Waals surface area contributed by atoms with Crippen molar-refractivity contribution in [2.75, 3.05) is 7.11 Å². The third kappa shape index (κ3) is 1.17. The molecule has 1 aromatic carbocycles. The van der Waals surface area contributed by atoms with Gasteiger partial charge in [-0.3, -0.25) is 0 Å². The summed E-state index contributed by atoms with van der Waals surface area (Å²) in [7, 11) is 1.67. The SMILES string of the molecule is COc1ccc2[se]cnc2c1. The number of nitrogens with zero attached hydrogens (tertiary/aromatic N) is 1. The van der Waals surface area contributed by atoms with Crippen molar-refractivity contribution < 1.29 is 4.74 Å². The van der Waals surface area contributed by atoms with Gasteiger partial charge >= 0.3 is 70.1 Å². The van der Waals surface area contributed by atoms with Crippen LogP contribution in [0, 0.1) is 0 Å². The Hall–Kier alpha value is -0.791. The fourth-order valence-corrected chi connectivity index (χ4v) is 2.35. The average Bonchev–Trinajstić information content (AvgIpc) is 2.50. The molecular formula is C8H7NOSe. The van der Waals surface area contributed by atoms with Crippen molar-refractivity contribution in [3.8, 4) is 5.75 Å².